The van der Waals surface area contributed by atoms with E-state index in [2.05, 4.69) is 5.32 Å². The van der Waals surface area contributed by atoms with Gasteiger partial charge in [-0.1, -0.05) is 36.4 Å². The number of aliphatic hydroxyl groups is 1. The molecule has 0 aliphatic heterocycles. The molecule has 2 rings (SSSR count). The number of hydrogen-bond acceptors (Lipinski definition) is 5. The number of carbonyl (C=O) groups excluding carboxylic acids is 1. The van der Waals surface area contributed by atoms with Gasteiger partial charge in [0.1, 0.15) is 5.60 Å². The third-order valence-corrected chi connectivity index (χ3v) is 4.36. The zero-order valence-corrected chi connectivity index (χ0v) is 18.0. The first-order chi connectivity index (χ1) is 13.8. The summed E-state index contributed by atoms with van der Waals surface area (Å²) in [6, 6.07) is 11.6. The van der Waals surface area contributed by atoms with Gasteiger partial charge in [0.05, 0.1) is 12.6 Å². The summed E-state index contributed by atoms with van der Waals surface area (Å²) in [5, 5.41) is 14.8. The molecule has 1 amide bonds. The molecule has 29 heavy (non-hydrogen) atoms. The van der Waals surface area contributed by atoms with Crippen molar-refractivity contribution in [1.29, 1.82) is 0 Å². The average Bonchev–Trinajstić information content (AvgIpc) is 2.66. The molecule has 2 N–H and O–H groups in total. The Morgan fingerprint density at radius 3 is 2.31 bits per heavy atom. The number of fused-ring (bicyclic) bond motifs is 1. The SMILES string of the molecule is CCOC(OCC)c1ccc2ccccc2c1CC(CO)NC(=O)OC(C)(C)C. The summed E-state index contributed by atoms with van der Waals surface area (Å²) in [5.74, 6) is 0. The molecule has 0 saturated heterocycles. The van der Waals surface area contributed by atoms with Crippen molar-refractivity contribution in [3.8, 4) is 0 Å². The fourth-order valence-corrected chi connectivity index (χ4v) is 3.21. The lowest BCUT2D eigenvalue weighted by Gasteiger charge is -2.25. The molecule has 0 bridgehead atoms. The molecule has 0 radical (unpaired) electrons. The van der Waals surface area contributed by atoms with Crippen LogP contribution in [0.25, 0.3) is 10.8 Å². The number of amides is 1. The van der Waals surface area contributed by atoms with Gasteiger partial charge in [0.15, 0.2) is 6.29 Å². The van der Waals surface area contributed by atoms with Gasteiger partial charge in [-0.3, -0.25) is 0 Å². The number of alkyl carbamates (subject to hydrolysis) is 1. The number of rotatable bonds is 9. The quantitative estimate of drug-likeness (QED) is 0.609. The number of benzene rings is 2. The standard InChI is InChI=1S/C23H33NO5/c1-6-27-21(28-7-2)19-13-12-16-10-8-9-11-18(16)20(19)14-17(15-25)24-22(26)29-23(3,4)5/h8-13,17,21,25H,6-7,14-15H2,1-5H3,(H,24,26). The normalized spacial score (nSPS) is 12.9. The highest BCUT2D eigenvalue weighted by Gasteiger charge is 2.23. The molecule has 2 aromatic carbocycles. The second-order valence-corrected chi connectivity index (χ2v) is 7.83. The molecule has 6 heteroatoms. The zero-order chi connectivity index (χ0) is 21.4. The van der Waals surface area contributed by atoms with Gasteiger partial charge in [0, 0.05) is 18.8 Å². The summed E-state index contributed by atoms with van der Waals surface area (Å²) in [6.45, 7) is 10.1. The van der Waals surface area contributed by atoms with E-state index in [4.69, 9.17) is 14.2 Å². The summed E-state index contributed by atoms with van der Waals surface area (Å²) in [5.41, 5.74) is 1.27. The van der Waals surface area contributed by atoms with Crippen molar-refractivity contribution in [2.45, 2.75) is 59.0 Å². The molecule has 0 aliphatic carbocycles. The highest BCUT2D eigenvalue weighted by Crippen LogP contribution is 2.30. The van der Waals surface area contributed by atoms with Crippen LogP contribution in [0.3, 0.4) is 0 Å². The van der Waals surface area contributed by atoms with Gasteiger partial charge in [-0.05, 0) is 57.4 Å². The second kappa shape index (κ2) is 10.6. The molecule has 1 atom stereocenters. The van der Waals surface area contributed by atoms with Crippen LogP contribution in [0.1, 0.15) is 52.0 Å². The molecule has 160 valence electrons. The summed E-state index contributed by atoms with van der Waals surface area (Å²) in [7, 11) is 0. The maximum Gasteiger partial charge on any atom is 0.407 e. The summed E-state index contributed by atoms with van der Waals surface area (Å²) in [6.07, 6.45) is -0.640. The van der Waals surface area contributed by atoms with Crippen molar-refractivity contribution in [2.24, 2.45) is 0 Å². The molecule has 1 unspecified atom stereocenters. The van der Waals surface area contributed by atoms with E-state index in [1.54, 1.807) is 20.8 Å². The molecular weight excluding hydrogens is 370 g/mol. The summed E-state index contributed by atoms with van der Waals surface area (Å²) < 4.78 is 17.0. The van der Waals surface area contributed by atoms with Crippen LogP contribution in [-0.2, 0) is 20.6 Å². The van der Waals surface area contributed by atoms with Crippen LogP contribution in [0, 0.1) is 0 Å². The third-order valence-electron chi connectivity index (χ3n) is 4.36. The number of nitrogens with one attached hydrogen (secondary N) is 1. The molecule has 0 aliphatic rings. The fourth-order valence-electron chi connectivity index (χ4n) is 3.21. The van der Waals surface area contributed by atoms with Crippen molar-refractivity contribution in [2.75, 3.05) is 19.8 Å². The van der Waals surface area contributed by atoms with Crippen LogP contribution >= 0.6 is 0 Å². The predicted octanol–water partition coefficient (Wildman–Crippen LogP) is 4.34. The van der Waals surface area contributed by atoms with Gasteiger partial charge in [-0.2, -0.15) is 0 Å². The molecule has 2 aromatic rings. The van der Waals surface area contributed by atoms with Crippen LogP contribution < -0.4 is 5.32 Å². The Bertz CT molecular complexity index is 793. The van der Waals surface area contributed by atoms with E-state index in [9.17, 15) is 9.90 Å². The number of aliphatic hydroxyl groups excluding tert-OH is 1. The largest absolute Gasteiger partial charge is 0.444 e. The van der Waals surface area contributed by atoms with Crippen LogP contribution in [0.2, 0.25) is 0 Å². The van der Waals surface area contributed by atoms with E-state index < -0.39 is 24.0 Å². The van der Waals surface area contributed by atoms with Crippen molar-refractivity contribution >= 4 is 16.9 Å². The second-order valence-electron chi connectivity index (χ2n) is 7.83. The van der Waals surface area contributed by atoms with Gasteiger partial charge in [0.25, 0.3) is 0 Å². The first-order valence-electron chi connectivity index (χ1n) is 10.1. The average molecular weight is 404 g/mol. The maximum atomic E-state index is 12.2. The summed E-state index contributed by atoms with van der Waals surface area (Å²) >= 11 is 0. The Morgan fingerprint density at radius 1 is 1.07 bits per heavy atom. The van der Waals surface area contributed by atoms with Gasteiger partial charge in [-0.15, -0.1) is 0 Å². The molecular formula is C23H33NO5. The number of carbonyl (C=O) groups is 1. The Kier molecular flexibility index (Phi) is 8.44. The fraction of sp³-hybridized carbons (Fsp3) is 0.522. The predicted molar refractivity (Wildman–Crippen MR) is 114 cm³/mol. The lowest BCUT2D eigenvalue weighted by Crippen LogP contribution is -2.42. The van der Waals surface area contributed by atoms with Gasteiger partial charge < -0.3 is 24.6 Å². The topological polar surface area (TPSA) is 77.0 Å². The van der Waals surface area contributed by atoms with E-state index >= 15 is 0 Å². The van der Waals surface area contributed by atoms with E-state index in [-0.39, 0.29) is 6.61 Å². The van der Waals surface area contributed by atoms with E-state index in [0.29, 0.717) is 19.6 Å². The monoisotopic (exact) mass is 403 g/mol. The molecule has 0 spiro atoms. The molecule has 0 saturated carbocycles. The first kappa shape index (κ1) is 23.1. The zero-order valence-electron chi connectivity index (χ0n) is 18.0. The van der Waals surface area contributed by atoms with Gasteiger partial charge in [-0.25, -0.2) is 4.79 Å². The van der Waals surface area contributed by atoms with E-state index in [0.717, 1.165) is 21.9 Å². The van der Waals surface area contributed by atoms with Gasteiger partial charge in [0.2, 0.25) is 0 Å². The minimum absolute atomic E-state index is 0.212. The molecule has 0 fully saturated rings. The number of hydrogen-bond donors (Lipinski definition) is 2. The maximum absolute atomic E-state index is 12.2. The highest BCUT2D eigenvalue weighted by atomic mass is 16.7. The minimum atomic E-state index is -0.607. The van der Waals surface area contributed by atoms with Crippen LogP contribution in [0.5, 0.6) is 0 Å². The first-order valence-corrected chi connectivity index (χ1v) is 10.1. The van der Waals surface area contributed by atoms with Crippen molar-refractivity contribution in [3.63, 3.8) is 0 Å². The highest BCUT2D eigenvalue weighted by molar-refractivity contribution is 5.87. The molecule has 6 nitrogen and oxygen atoms in total. The Labute approximate surface area is 173 Å². The van der Waals surface area contributed by atoms with Crippen molar-refractivity contribution < 1.29 is 24.1 Å². The number of ether oxygens (including phenoxy) is 3. The van der Waals surface area contributed by atoms with Gasteiger partial charge >= 0.3 is 6.09 Å². The van der Waals surface area contributed by atoms with E-state index in [1.807, 2.05) is 50.2 Å². The van der Waals surface area contributed by atoms with Crippen LogP contribution in [0.15, 0.2) is 36.4 Å². The molecule has 0 aromatic heterocycles. The Morgan fingerprint density at radius 2 is 1.72 bits per heavy atom. The molecule has 0 heterocycles. The Hall–Kier alpha value is -2.15. The Balaban J connectivity index is 2.39. The third kappa shape index (κ3) is 6.70. The van der Waals surface area contributed by atoms with Crippen LogP contribution in [-0.4, -0.2) is 42.7 Å². The van der Waals surface area contributed by atoms with Crippen molar-refractivity contribution in [3.05, 3.63) is 47.5 Å². The lowest BCUT2D eigenvalue weighted by atomic mass is 9.93. The minimum Gasteiger partial charge on any atom is -0.444 e. The summed E-state index contributed by atoms with van der Waals surface area (Å²) in [4.78, 5) is 12.2. The van der Waals surface area contributed by atoms with Crippen LogP contribution in [0.4, 0.5) is 4.79 Å². The van der Waals surface area contributed by atoms with E-state index in [1.165, 1.54) is 0 Å². The van der Waals surface area contributed by atoms with Crippen molar-refractivity contribution in [1.82, 2.24) is 5.32 Å². The lowest BCUT2D eigenvalue weighted by molar-refractivity contribution is -0.140. The smallest absolute Gasteiger partial charge is 0.407 e.